The highest BCUT2D eigenvalue weighted by Crippen LogP contribution is 2.34. The van der Waals surface area contributed by atoms with Crippen molar-refractivity contribution < 1.29 is 18.3 Å². The summed E-state index contributed by atoms with van der Waals surface area (Å²) in [5.74, 6) is 0. The predicted octanol–water partition coefficient (Wildman–Crippen LogP) is 5.27. The maximum Gasteiger partial charge on any atom is 0.391 e. The van der Waals surface area contributed by atoms with E-state index >= 15 is 0 Å². The van der Waals surface area contributed by atoms with E-state index in [-0.39, 0.29) is 12.8 Å². The van der Waals surface area contributed by atoms with Crippen LogP contribution in [0.15, 0.2) is 30.3 Å². The topological polar surface area (TPSA) is 20.2 Å². The van der Waals surface area contributed by atoms with Gasteiger partial charge in [-0.15, -0.1) is 0 Å². The fourth-order valence-electron chi connectivity index (χ4n) is 2.58. The molecule has 0 saturated heterocycles. The molecule has 1 aromatic carbocycles. The van der Waals surface area contributed by atoms with Crippen molar-refractivity contribution in [3.63, 3.8) is 0 Å². The first-order chi connectivity index (χ1) is 9.85. The number of unbranched alkanes of at least 4 members (excludes halogenated alkanes) is 3. The van der Waals surface area contributed by atoms with Crippen LogP contribution in [0.1, 0.15) is 57.4 Å². The van der Waals surface area contributed by atoms with Crippen LogP contribution in [0.3, 0.4) is 0 Å². The molecule has 1 unspecified atom stereocenters. The molecule has 0 fully saturated rings. The Balaban J connectivity index is 2.58. The van der Waals surface area contributed by atoms with Crippen molar-refractivity contribution in [2.45, 2.75) is 70.1 Å². The second-order valence-corrected chi connectivity index (χ2v) is 5.81. The van der Waals surface area contributed by atoms with Crippen molar-refractivity contribution in [2.24, 2.45) is 0 Å². The molecule has 0 aliphatic heterocycles. The first kappa shape index (κ1) is 18.0. The number of rotatable bonds is 9. The molecule has 1 nitrogen and oxygen atoms in total. The molecule has 0 aliphatic carbocycles. The molecule has 0 spiro atoms. The first-order valence-corrected chi connectivity index (χ1v) is 7.68. The van der Waals surface area contributed by atoms with Crippen LogP contribution in [0.2, 0.25) is 0 Å². The molecule has 0 amide bonds. The zero-order valence-electron chi connectivity index (χ0n) is 12.6. The normalized spacial score (nSPS) is 14.9. The molecular weight excluding hydrogens is 277 g/mol. The zero-order valence-corrected chi connectivity index (χ0v) is 12.6. The number of hydrogen-bond donors (Lipinski definition) is 1. The molecule has 4 heteroatoms. The Morgan fingerprint density at radius 2 is 1.62 bits per heavy atom. The Kier molecular flexibility index (Phi) is 7.23. The highest BCUT2D eigenvalue weighted by molar-refractivity contribution is 5.15. The fourth-order valence-corrected chi connectivity index (χ4v) is 2.58. The molecule has 0 aliphatic rings. The molecule has 21 heavy (non-hydrogen) atoms. The van der Waals surface area contributed by atoms with Crippen molar-refractivity contribution in [2.75, 3.05) is 0 Å². The van der Waals surface area contributed by atoms with Crippen LogP contribution >= 0.6 is 0 Å². The Morgan fingerprint density at radius 3 is 2.19 bits per heavy atom. The highest BCUT2D eigenvalue weighted by atomic mass is 19.4. The van der Waals surface area contributed by atoms with Gasteiger partial charge >= 0.3 is 6.18 Å². The van der Waals surface area contributed by atoms with E-state index in [9.17, 15) is 18.3 Å². The van der Waals surface area contributed by atoms with Crippen molar-refractivity contribution in [3.05, 3.63) is 35.9 Å². The molecule has 0 radical (unpaired) electrons. The number of halogens is 3. The van der Waals surface area contributed by atoms with E-state index in [1.165, 1.54) is 0 Å². The summed E-state index contributed by atoms with van der Waals surface area (Å²) in [6, 6.07) is 9.35. The van der Waals surface area contributed by atoms with Crippen molar-refractivity contribution in [1.29, 1.82) is 0 Å². The van der Waals surface area contributed by atoms with Crippen LogP contribution in [0.5, 0.6) is 0 Å². The van der Waals surface area contributed by atoms with Crippen LogP contribution in [0.4, 0.5) is 13.2 Å². The number of aliphatic hydroxyl groups is 1. The highest BCUT2D eigenvalue weighted by Gasteiger charge is 2.40. The lowest BCUT2D eigenvalue weighted by atomic mass is 9.86. The van der Waals surface area contributed by atoms with E-state index in [1.807, 2.05) is 30.3 Å². The maximum absolute atomic E-state index is 12.7. The average Bonchev–Trinajstić information content (AvgIpc) is 2.41. The molecule has 1 aromatic rings. The van der Waals surface area contributed by atoms with Gasteiger partial charge in [0.1, 0.15) is 0 Å². The molecule has 120 valence electrons. The van der Waals surface area contributed by atoms with Gasteiger partial charge in [-0.05, 0) is 24.8 Å². The van der Waals surface area contributed by atoms with E-state index < -0.39 is 18.2 Å². The number of benzene rings is 1. The Morgan fingerprint density at radius 1 is 0.952 bits per heavy atom. The van der Waals surface area contributed by atoms with Gasteiger partial charge in [0.15, 0.2) is 0 Å². The minimum Gasteiger partial charge on any atom is -0.390 e. The monoisotopic (exact) mass is 302 g/mol. The van der Waals surface area contributed by atoms with Crippen LogP contribution in [0.25, 0.3) is 0 Å². The molecular formula is C17H25F3O. The lowest BCUT2D eigenvalue weighted by molar-refractivity contribution is -0.179. The summed E-state index contributed by atoms with van der Waals surface area (Å²) in [5.41, 5.74) is -0.673. The third-order valence-electron chi connectivity index (χ3n) is 3.75. The standard InChI is InChI=1S/C17H25F3O/c1-2-3-4-8-12-16(21,14-17(18,19)20)13-11-15-9-6-5-7-10-15/h5-7,9-10,21H,2-4,8,11-14H2,1H3. The summed E-state index contributed by atoms with van der Waals surface area (Å²) in [4.78, 5) is 0. The Labute approximate surface area is 125 Å². The second kappa shape index (κ2) is 8.42. The molecule has 1 atom stereocenters. The summed E-state index contributed by atoms with van der Waals surface area (Å²) in [7, 11) is 0. The van der Waals surface area contributed by atoms with Crippen LogP contribution < -0.4 is 0 Å². The lowest BCUT2D eigenvalue weighted by Crippen LogP contribution is -2.35. The van der Waals surface area contributed by atoms with Gasteiger partial charge in [0.05, 0.1) is 12.0 Å². The third kappa shape index (κ3) is 8.10. The Hall–Kier alpha value is -1.03. The summed E-state index contributed by atoms with van der Waals surface area (Å²) >= 11 is 0. The predicted molar refractivity (Wildman–Crippen MR) is 79.1 cm³/mol. The molecule has 1 rings (SSSR count). The van der Waals surface area contributed by atoms with Crippen LogP contribution in [0, 0.1) is 0 Å². The molecule has 1 N–H and O–H groups in total. The average molecular weight is 302 g/mol. The summed E-state index contributed by atoms with van der Waals surface area (Å²) in [6.45, 7) is 2.05. The van der Waals surface area contributed by atoms with Gasteiger partial charge < -0.3 is 5.11 Å². The molecule has 0 heterocycles. The SMILES string of the molecule is CCCCCCC(O)(CCc1ccccc1)CC(F)(F)F. The lowest BCUT2D eigenvalue weighted by Gasteiger charge is -2.29. The fraction of sp³-hybridized carbons (Fsp3) is 0.647. The zero-order chi connectivity index (χ0) is 15.8. The van der Waals surface area contributed by atoms with E-state index in [4.69, 9.17) is 0 Å². The van der Waals surface area contributed by atoms with Gasteiger partial charge in [-0.1, -0.05) is 62.9 Å². The minimum atomic E-state index is -4.32. The summed E-state index contributed by atoms with van der Waals surface area (Å²) < 4.78 is 38.1. The van der Waals surface area contributed by atoms with Gasteiger partial charge in [-0.3, -0.25) is 0 Å². The van der Waals surface area contributed by atoms with Gasteiger partial charge in [0, 0.05) is 0 Å². The van der Waals surface area contributed by atoms with Gasteiger partial charge in [-0.2, -0.15) is 13.2 Å². The molecule has 0 saturated carbocycles. The smallest absolute Gasteiger partial charge is 0.390 e. The number of alkyl halides is 3. The minimum absolute atomic E-state index is 0.155. The summed E-state index contributed by atoms with van der Waals surface area (Å²) in [5, 5.41) is 10.4. The van der Waals surface area contributed by atoms with Crippen molar-refractivity contribution >= 4 is 0 Å². The summed E-state index contributed by atoms with van der Waals surface area (Å²) in [6.07, 6.45) is -1.03. The second-order valence-electron chi connectivity index (χ2n) is 5.81. The van der Waals surface area contributed by atoms with E-state index in [0.717, 1.165) is 24.8 Å². The van der Waals surface area contributed by atoms with Crippen molar-refractivity contribution in [3.8, 4) is 0 Å². The van der Waals surface area contributed by atoms with Gasteiger partial charge in [-0.25, -0.2) is 0 Å². The number of hydrogen-bond acceptors (Lipinski definition) is 1. The number of aryl methyl sites for hydroxylation is 1. The van der Waals surface area contributed by atoms with E-state index in [0.29, 0.717) is 12.8 Å². The quantitative estimate of drug-likeness (QED) is 0.616. The molecule has 0 aromatic heterocycles. The molecule has 0 bridgehead atoms. The van der Waals surface area contributed by atoms with Crippen LogP contribution in [-0.2, 0) is 6.42 Å². The third-order valence-corrected chi connectivity index (χ3v) is 3.75. The van der Waals surface area contributed by atoms with E-state index in [1.54, 1.807) is 0 Å². The largest absolute Gasteiger partial charge is 0.391 e. The van der Waals surface area contributed by atoms with Gasteiger partial charge in [0.25, 0.3) is 0 Å². The van der Waals surface area contributed by atoms with Gasteiger partial charge in [0.2, 0.25) is 0 Å². The Bertz CT molecular complexity index is 389. The van der Waals surface area contributed by atoms with E-state index in [2.05, 4.69) is 6.92 Å². The van der Waals surface area contributed by atoms with Crippen molar-refractivity contribution in [1.82, 2.24) is 0 Å². The first-order valence-electron chi connectivity index (χ1n) is 7.68. The van der Waals surface area contributed by atoms with Crippen LogP contribution in [-0.4, -0.2) is 16.9 Å². The maximum atomic E-state index is 12.7.